The molecule has 2 atom stereocenters. The van der Waals surface area contributed by atoms with Crippen LogP contribution in [-0.4, -0.2) is 94.8 Å². The van der Waals surface area contributed by atoms with E-state index in [-0.39, 0.29) is 64.9 Å². The molecule has 3 aliphatic rings. The maximum absolute atomic E-state index is 15.0. The van der Waals surface area contributed by atoms with Crippen molar-refractivity contribution in [1.29, 1.82) is 0 Å². The Bertz CT molecular complexity index is 1370. The Labute approximate surface area is 238 Å². The fraction of sp³-hybridized carbons (Fsp3) is 0.483. The quantitative estimate of drug-likeness (QED) is 0.559. The standard InChI is InChI=1S/C29H34ClFN4O5/c1-16-13-33(5)10-9-18(16)24-22-26(23(30)25(32-24)21-19(31)7-6-8-20(21)36)39-15-17-14-34(11-12-35(17)27(22)37)28(38)40-29(2,3)4/h6-9,16-17,36H,10-15H2,1-5H3. The molecule has 2 unspecified atom stereocenters. The van der Waals surface area contributed by atoms with E-state index in [4.69, 9.17) is 26.1 Å². The number of aromatic nitrogens is 1. The number of hydrogen-bond acceptors (Lipinski definition) is 7. The zero-order chi connectivity index (χ0) is 28.9. The highest BCUT2D eigenvalue weighted by molar-refractivity contribution is 6.35. The third-order valence-corrected chi connectivity index (χ3v) is 7.72. The lowest BCUT2D eigenvalue weighted by atomic mass is 9.90. The van der Waals surface area contributed by atoms with Crippen LogP contribution in [0.2, 0.25) is 5.02 Å². The molecule has 1 aromatic carbocycles. The molecule has 1 aromatic heterocycles. The molecule has 11 heteroatoms. The first-order chi connectivity index (χ1) is 18.9. The van der Waals surface area contributed by atoms with E-state index in [1.807, 2.05) is 20.0 Å². The van der Waals surface area contributed by atoms with Crippen molar-refractivity contribution < 1.29 is 28.6 Å². The van der Waals surface area contributed by atoms with Crippen LogP contribution in [0, 0.1) is 11.7 Å². The monoisotopic (exact) mass is 572 g/mol. The fourth-order valence-electron chi connectivity index (χ4n) is 5.50. The van der Waals surface area contributed by atoms with Gasteiger partial charge in [0.25, 0.3) is 5.91 Å². The van der Waals surface area contributed by atoms with Crippen molar-refractivity contribution in [3.63, 3.8) is 0 Å². The summed E-state index contributed by atoms with van der Waals surface area (Å²) in [6.45, 7) is 9.67. The van der Waals surface area contributed by atoms with Crippen LogP contribution >= 0.6 is 11.6 Å². The molecule has 3 aliphatic heterocycles. The van der Waals surface area contributed by atoms with Gasteiger partial charge in [-0.3, -0.25) is 4.79 Å². The number of fused-ring (bicyclic) bond motifs is 2. The molecule has 9 nitrogen and oxygen atoms in total. The fourth-order valence-corrected chi connectivity index (χ4v) is 5.79. The van der Waals surface area contributed by atoms with Crippen molar-refractivity contribution in [2.45, 2.75) is 39.3 Å². The van der Waals surface area contributed by atoms with Gasteiger partial charge in [-0.2, -0.15) is 0 Å². The van der Waals surface area contributed by atoms with Crippen LogP contribution in [-0.2, 0) is 4.74 Å². The smallest absolute Gasteiger partial charge is 0.410 e. The Balaban J connectivity index is 1.61. The lowest BCUT2D eigenvalue weighted by Gasteiger charge is -2.40. The topological polar surface area (TPSA) is 95.4 Å². The Morgan fingerprint density at radius 1 is 1.20 bits per heavy atom. The Morgan fingerprint density at radius 2 is 1.95 bits per heavy atom. The molecule has 2 amide bonds. The highest BCUT2D eigenvalue weighted by Crippen LogP contribution is 2.46. The predicted octanol–water partition coefficient (Wildman–Crippen LogP) is 4.67. The number of carbonyl (C=O) groups excluding carboxylic acids is 2. The molecule has 0 bridgehead atoms. The van der Waals surface area contributed by atoms with E-state index in [1.165, 1.54) is 18.2 Å². The van der Waals surface area contributed by atoms with Gasteiger partial charge in [0.1, 0.15) is 40.1 Å². The van der Waals surface area contributed by atoms with Gasteiger partial charge in [0.05, 0.1) is 17.3 Å². The van der Waals surface area contributed by atoms with Crippen molar-refractivity contribution in [3.05, 3.63) is 46.4 Å². The number of likely N-dealkylation sites (N-methyl/N-ethyl adjacent to an activating group) is 1. The number of halogens is 2. The molecule has 1 N–H and O–H groups in total. The van der Waals surface area contributed by atoms with Crippen molar-refractivity contribution in [2.24, 2.45) is 5.92 Å². The number of benzene rings is 1. The summed E-state index contributed by atoms with van der Waals surface area (Å²) in [5.41, 5.74) is 0.582. The van der Waals surface area contributed by atoms with Crippen molar-refractivity contribution in [1.82, 2.24) is 19.7 Å². The summed E-state index contributed by atoms with van der Waals surface area (Å²) in [5, 5.41) is 10.5. The summed E-state index contributed by atoms with van der Waals surface area (Å²) < 4.78 is 26.8. The van der Waals surface area contributed by atoms with Crippen LogP contribution in [0.25, 0.3) is 16.8 Å². The third kappa shape index (κ3) is 5.22. The molecule has 40 heavy (non-hydrogen) atoms. The van der Waals surface area contributed by atoms with Crippen LogP contribution < -0.4 is 4.74 Å². The average Bonchev–Trinajstić information content (AvgIpc) is 3.01. The number of hydrogen-bond donors (Lipinski definition) is 1. The molecule has 4 heterocycles. The molecule has 0 aliphatic carbocycles. The Hall–Kier alpha value is -3.37. The van der Waals surface area contributed by atoms with Crippen LogP contribution in [0.5, 0.6) is 11.5 Å². The van der Waals surface area contributed by atoms with E-state index in [0.29, 0.717) is 18.8 Å². The van der Waals surface area contributed by atoms with E-state index >= 15 is 4.39 Å². The number of phenolic OH excluding ortho intramolecular Hbond substituents is 1. The van der Waals surface area contributed by atoms with E-state index < -0.39 is 23.6 Å². The highest BCUT2D eigenvalue weighted by atomic mass is 35.5. The number of amides is 2. The van der Waals surface area contributed by atoms with Crippen molar-refractivity contribution in [3.8, 4) is 22.8 Å². The lowest BCUT2D eigenvalue weighted by molar-refractivity contribution is 0.000944. The largest absolute Gasteiger partial charge is 0.507 e. The van der Waals surface area contributed by atoms with Gasteiger partial charge in [-0.05, 0) is 51.4 Å². The second kappa shape index (κ2) is 10.6. The summed E-state index contributed by atoms with van der Waals surface area (Å²) in [6, 6.07) is 3.51. The van der Waals surface area contributed by atoms with Crippen LogP contribution in [0.3, 0.4) is 0 Å². The number of rotatable bonds is 2. The predicted molar refractivity (Wildman–Crippen MR) is 149 cm³/mol. The van der Waals surface area contributed by atoms with Gasteiger partial charge in [-0.25, -0.2) is 14.2 Å². The Morgan fingerprint density at radius 3 is 2.62 bits per heavy atom. The maximum atomic E-state index is 15.0. The van der Waals surface area contributed by atoms with Gasteiger partial charge >= 0.3 is 6.09 Å². The minimum Gasteiger partial charge on any atom is -0.507 e. The first-order valence-electron chi connectivity index (χ1n) is 13.4. The molecule has 0 saturated carbocycles. The van der Waals surface area contributed by atoms with E-state index in [0.717, 1.165) is 12.1 Å². The molecule has 2 aromatic rings. The number of ether oxygens (including phenoxy) is 2. The van der Waals surface area contributed by atoms with Gasteiger partial charge < -0.3 is 29.3 Å². The molecule has 1 fully saturated rings. The van der Waals surface area contributed by atoms with Gasteiger partial charge in [0.15, 0.2) is 5.75 Å². The van der Waals surface area contributed by atoms with Crippen LogP contribution in [0.4, 0.5) is 9.18 Å². The maximum Gasteiger partial charge on any atom is 0.410 e. The summed E-state index contributed by atoms with van der Waals surface area (Å²) >= 11 is 6.81. The molecule has 214 valence electrons. The summed E-state index contributed by atoms with van der Waals surface area (Å²) in [4.78, 5) is 37.1. The Kier molecular flexibility index (Phi) is 7.43. The molecular formula is C29H34ClFN4O5. The third-order valence-electron chi connectivity index (χ3n) is 7.37. The summed E-state index contributed by atoms with van der Waals surface area (Å²) in [5.74, 6) is -1.23. The lowest BCUT2D eigenvalue weighted by Crippen LogP contribution is -2.58. The average molecular weight is 573 g/mol. The van der Waals surface area contributed by atoms with E-state index in [9.17, 15) is 14.7 Å². The zero-order valence-corrected chi connectivity index (χ0v) is 24.1. The normalized spacial score (nSPS) is 21.7. The van der Waals surface area contributed by atoms with Crippen LogP contribution in [0.15, 0.2) is 24.3 Å². The van der Waals surface area contributed by atoms with Crippen molar-refractivity contribution >= 4 is 29.2 Å². The number of aromatic hydroxyl groups is 1. The van der Waals surface area contributed by atoms with Gasteiger partial charge in [0.2, 0.25) is 0 Å². The van der Waals surface area contributed by atoms with Crippen LogP contribution in [0.1, 0.15) is 43.7 Å². The van der Waals surface area contributed by atoms with Gasteiger partial charge in [-0.15, -0.1) is 0 Å². The van der Waals surface area contributed by atoms with E-state index in [1.54, 1.807) is 30.6 Å². The number of pyridine rings is 1. The molecular weight excluding hydrogens is 539 g/mol. The zero-order valence-electron chi connectivity index (χ0n) is 23.3. The molecule has 0 radical (unpaired) electrons. The summed E-state index contributed by atoms with van der Waals surface area (Å²) in [6.07, 6.45) is 1.55. The number of phenols is 1. The van der Waals surface area contributed by atoms with Gasteiger partial charge in [0, 0.05) is 32.7 Å². The first kappa shape index (κ1) is 28.2. The second-order valence-corrected chi connectivity index (χ2v) is 12.0. The molecule has 5 rings (SSSR count). The minimum absolute atomic E-state index is 0.00102. The minimum atomic E-state index is -0.698. The van der Waals surface area contributed by atoms with E-state index in [2.05, 4.69) is 4.90 Å². The first-order valence-corrected chi connectivity index (χ1v) is 13.8. The molecule has 0 spiro atoms. The number of piperazine rings is 1. The number of nitrogens with zero attached hydrogens (tertiary/aromatic N) is 4. The second-order valence-electron chi connectivity index (χ2n) is 11.6. The van der Waals surface area contributed by atoms with Crippen molar-refractivity contribution in [2.75, 3.05) is 46.4 Å². The SMILES string of the molecule is CC1CN(C)CC=C1c1nc(-c2c(O)cccc2F)c(Cl)c2c1C(=O)N1CCN(C(=O)OC(C)(C)C)CC1CO2. The number of carbonyl (C=O) groups is 2. The summed E-state index contributed by atoms with van der Waals surface area (Å²) in [7, 11) is 2.01. The molecule has 1 saturated heterocycles. The van der Waals surface area contributed by atoms with Gasteiger partial charge in [-0.1, -0.05) is 30.7 Å². The highest BCUT2D eigenvalue weighted by Gasteiger charge is 2.41.